The molecule has 0 spiro atoms. The molecule has 0 saturated carbocycles. The number of ether oxygens (including phenoxy) is 1. The third-order valence-electron chi connectivity index (χ3n) is 1.39. The number of nitrogens with one attached hydrogen (secondary N) is 1. The average Bonchev–Trinajstić information content (AvgIpc) is 1.99. The molecule has 0 rings (SSSR count). The highest BCUT2D eigenvalue weighted by atomic mass is 16.6. The van der Waals surface area contributed by atoms with Crippen molar-refractivity contribution < 1.29 is 14.3 Å². The molecule has 0 saturated heterocycles. The second-order valence-corrected chi connectivity index (χ2v) is 4.01. The van der Waals surface area contributed by atoms with Crippen molar-refractivity contribution in [2.24, 2.45) is 5.73 Å². The molecule has 0 unspecified atom stereocenters. The molecule has 0 fully saturated rings. The van der Waals surface area contributed by atoms with E-state index in [1.807, 2.05) is 0 Å². The molecule has 5 nitrogen and oxygen atoms in total. The smallest absolute Gasteiger partial charge is 0.308 e. The largest absolute Gasteiger partial charge is 0.460 e. The van der Waals surface area contributed by atoms with Crippen LogP contribution >= 0.6 is 0 Å². The minimum atomic E-state index is -0.838. The highest BCUT2D eigenvalue weighted by molar-refractivity contribution is 5.86. The van der Waals surface area contributed by atoms with Crippen LogP contribution in [-0.4, -0.2) is 30.6 Å². The van der Waals surface area contributed by atoms with Crippen LogP contribution in [0.4, 0.5) is 0 Å². The summed E-state index contributed by atoms with van der Waals surface area (Å²) < 4.78 is 5.00. The normalized spacial score (nSPS) is 13.2. The molecular weight excluding hydrogens is 184 g/mol. The van der Waals surface area contributed by atoms with Gasteiger partial charge in [-0.05, 0) is 20.8 Å². The van der Waals surface area contributed by atoms with Crippen LogP contribution in [0.5, 0.6) is 0 Å². The quantitative estimate of drug-likeness (QED) is 0.620. The first-order valence-corrected chi connectivity index (χ1v) is 4.45. The van der Waals surface area contributed by atoms with Crippen molar-refractivity contribution in [1.82, 2.24) is 5.32 Å². The summed E-state index contributed by atoms with van der Waals surface area (Å²) in [5.41, 5.74) is 4.89. The van der Waals surface area contributed by atoms with E-state index in [-0.39, 0.29) is 12.3 Å². The van der Waals surface area contributed by atoms with Crippen molar-refractivity contribution in [2.75, 3.05) is 7.05 Å². The summed E-state index contributed by atoms with van der Waals surface area (Å²) >= 11 is 0. The van der Waals surface area contributed by atoms with E-state index in [2.05, 4.69) is 5.32 Å². The molecular formula is C9H18N2O3. The predicted molar refractivity (Wildman–Crippen MR) is 52.5 cm³/mol. The van der Waals surface area contributed by atoms with Crippen molar-refractivity contribution in [3.8, 4) is 0 Å². The summed E-state index contributed by atoms with van der Waals surface area (Å²) in [5.74, 6) is -0.829. The molecule has 14 heavy (non-hydrogen) atoms. The molecule has 0 aliphatic heterocycles. The monoisotopic (exact) mass is 202 g/mol. The number of amides is 1. The van der Waals surface area contributed by atoms with Crippen molar-refractivity contribution in [3.05, 3.63) is 0 Å². The lowest BCUT2D eigenvalue weighted by Gasteiger charge is -2.20. The van der Waals surface area contributed by atoms with Crippen LogP contribution in [0.25, 0.3) is 0 Å². The molecule has 82 valence electrons. The first-order chi connectivity index (χ1) is 6.26. The molecule has 0 aliphatic carbocycles. The Balaban J connectivity index is 4.01. The number of rotatable bonds is 3. The van der Waals surface area contributed by atoms with Crippen LogP contribution in [-0.2, 0) is 14.3 Å². The summed E-state index contributed by atoms with van der Waals surface area (Å²) in [4.78, 5) is 22.2. The molecule has 0 radical (unpaired) electrons. The van der Waals surface area contributed by atoms with Crippen LogP contribution in [0.15, 0.2) is 0 Å². The van der Waals surface area contributed by atoms with E-state index in [0.29, 0.717) is 0 Å². The SMILES string of the molecule is CNC(=O)[C@H](N)CC(=O)OC(C)(C)C. The standard InChI is InChI=1S/C9H18N2O3/c1-9(2,3)14-7(12)5-6(10)8(13)11-4/h6H,5,10H2,1-4H3,(H,11,13)/t6-/m1/s1. The Morgan fingerprint density at radius 3 is 2.29 bits per heavy atom. The molecule has 5 heteroatoms. The zero-order valence-electron chi connectivity index (χ0n) is 9.09. The van der Waals surface area contributed by atoms with E-state index in [0.717, 1.165) is 0 Å². The van der Waals surface area contributed by atoms with Crippen molar-refractivity contribution in [3.63, 3.8) is 0 Å². The lowest BCUT2D eigenvalue weighted by molar-refractivity contribution is -0.156. The lowest BCUT2D eigenvalue weighted by Crippen LogP contribution is -2.41. The summed E-state index contributed by atoms with van der Waals surface area (Å²) in [6.07, 6.45) is -0.100. The van der Waals surface area contributed by atoms with Gasteiger partial charge in [-0.25, -0.2) is 0 Å². The van der Waals surface area contributed by atoms with Gasteiger partial charge >= 0.3 is 5.97 Å². The Bertz CT molecular complexity index is 221. The molecule has 0 aromatic rings. The van der Waals surface area contributed by atoms with E-state index in [1.165, 1.54) is 7.05 Å². The number of hydrogen-bond acceptors (Lipinski definition) is 4. The molecule has 3 N–H and O–H groups in total. The minimum absolute atomic E-state index is 0.100. The van der Waals surface area contributed by atoms with Crippen LogP contribution < -0.4 is 11.1 Å². The summed E-state index contributed by atoms with van der Waals surface area (Å²) in [6, 6.07) is -0.838. The van der Waals surface area contributed by atoms with Gasteiger partial charge in [-0.1, -0.05) is 0 Å². The van der Waals surface area contributed by atoms with Gasteiger partial charge in [0.25, 0.3) is 0 Å². The van der Waals surface area contributed by atoms with E-state index in [4.69, 9.17) is 10.5 Å². The molecule has 1 amide bonds. The number of hydrogen-bond donors (Lipinski definition) is 2. The van der Waals surface area contributed by atoms with Gasteiger partial charge in [0.05, 0.1) is 12.5 Å². The van der Waals surface area contributed by atoms with Gasteiger partial charge in [0.2, 0.25) is 5.91 Å². The van der Waals surface area contributed by atoms with Crippen LogP contribution in [0, 0.1) is 0 Å². The van der Waals surface area contributed by atoms with Gasteiger partial charge in [-0.15, -0.1) is 0 Å². The van der Waals surface area contributed by atoms with Gasteiger partial charge in [0, 0.05) is 7.05 Å². The highest BCUT2D eigenvalue weighted by Gasteiger charge is 2.21. The second kappa shape index (κ2) is 4.95. The fourth-order valence-corrected chi connectivity index (χ4v) is 0.841. The Kier molecular flexibility index (Phi) is 4.56. The van der Waals surface area contributed by atoms with Gasteiger partial charge in [-0.3, -0.25) is 9.59 Å². The predicted octanol–water partition coefficient (Wildman–Crippen LogP) is -0.208. The van der Waals surface area contributed by atoms with Crippen molar-refractivity contribution in [1.29, 1.82) is 0 Å². The maximum absolute atomic E-state index is 11.2. The van der Waals surface area contributed by atoms with Crippen molar-refractivity contribution >= 4 is 11.9 Å². The summed E-state index contributed by atoms with van der Waals surface area (Å²) in [6.45, 7) is 5.28. The second-order valence-electron chi connectivity index (χ2n) is 4.01. The lowest BCUT2D eigenvalue weighted by atomic mass is 10.1. The number of carbonyl (C=O) groups excluding carboxylic acids is 2. The van der Waals surface area contributed by atoms with Gasteiger partial charge in [0.15, 0.2) is 0 Å². The molecule has 0 aliphatic rings. The average molecular weight is 202 g/mol. The van der Waals surface area contributed by atoms with Crippen molar-refractivity contribution in [2.45, 2.75) is 38.8 Å². The van der Waals surface area contributed by atoms with E-state index in [1.54, 1.807) is 20.8 Å². The Morgan fingerprint density at radius 2 is 1.93 bits per heavy atom. The first kappa shape index (κ1) is 12.9. The first-order valence-electron chi connectivity index (χ1n) is 4.45. The third-order valence-corrected chi connectivity index (χ3v) is 1.39. The van der Waals surface area contributed by atoms with E-state index in [9.17, 15) is 9.59 Å². The Labute approximate surface area is 84.0 Å². The molecule has 0 aromatic carbocycles. The van der Waals surface area contributed by atoms with Crippen LogP contribution in [0.3, 0.4) is 0 Å². The van der Waals surface area contributed by atoms with Gasteiger partial charge in [-0.2, -0.15) is 0 Å². The summed E-state index contributed by atoms with van der Waals surface area (Å²) in [5, 5.41) is 2.36. The minimum Gasteiger partial charge on any atom is -0.460 e. The fraction of sp³-hybridized carbons (Fsp3) is 0.778. The molecule has 0 aromatic heterocycles. The Morgan fingerprint density at radius 1 is 1.43 bits per heavy atom. The Hall–Kier alpha value is -1.10. The topological polar surface area (TPSA) is 81.4 Å². The number of nitrogens with two attached hydrogens (primary N) is 1. The van der Waals surface area contributed by atoms with Crippen LogP contribution in [0.1, 0.15) is 27.2 Å². The van der Waals surface area contributed by atoms with Gasteiger partial charge < -0.3 is 15.8 Å². The fourth-order valence-electron chi connectivity index (χ4n) is 0.841. The maximum Gasteiger partial charge on any atom is 0.308 e. The summed E-state index contributed by atoms with van der Waals surface area (Å²) in [7, 11) is 1.47. The number of likely N-dealkylation sites (N-methyl/N-ethyl adjacent to an activating group) is 1. The molecule has 0 heterocycles. The zero-order chi connectivity index (χ0) is 11.4. The molecule has 1 atom stereocenters. The number of carbonyl (C=O) groups is 2. The zero-order valence-corrected chi connectivity index (χ0v) is 9.09. The van der Waals surface area contributed by atoms with E-state index >= 15 is 0 Å². The highest BCUT2D eigenvalue weighted by Crippen LogP contribution is 2.08. The maximum atomic E-state index is 11.2. The molecule has 0 bridgehead atoms. The number of esters is 1. The third kappa shape index (κ3) is 5.53. The van der Waals surface area contributed by atoms with Crippen LogP contribution in [0.2, 0.25) is 0 Å². The van der Waals surface area contributed by atoms with Gasteiger partial charge in [0.1, 0.15) is 5.60 Å². The van der Waals surface area contributed by atoms with E-state index < -0.39 is 17.6 Å².